The summed E-state index contributed by atoms with van der Waals surface area (Å²) < 4.78 is 5.17. The molecule has 0 amide bonds. The summed E-state index contributed by atoms with van der Waals surface area (Å²) >= 11 is 0. The van der Waals surface area contributed by atoms with E-state index in [2.05, 4.69) is 26.9 Å². The predicted octanol–water partition coefficient (Wildman–Crippen LogP) is 1.69. The molecule has 2 aliphatic rings. The highest BCUT2D eigenvalue weighted by Crippen LogP contribution is 2.32. The molecular formula is C17H30N4O2. The zero-order valence-electron chi connectivity index (χ0n) is 14.5. The van der Waals surface area contributed by atoms with Gasteiger partial charge in [-0.05, 0) is 31.6 Å². The number of aromatic nitrogens is 2. The summed E-state index contributed by atoms with van der Waals surface area (Å²) in [6.45, 7) is 9.93. The van der Waals surface area contributed by atoms with Gasteiger partial charge >= 0.3 is 0 Å². The van der Waals surface area contributed by atoms with E-state index < -0.39 is 5.60 Å². The molecule has 6 nitrogen and oxygen atoms in total. The average molecular weight is 322 g/mol. The first-order chi connectivity index (χ1) is 11.1. The van der Waals surface area contributed by atoms with E-state index in [-0.39, 0.29) is 0 Å². The van der Waals surface area contributed by atoms with E-state index in [1.165, 1.54) is 0 Å². The molecule has 2 heterocycles. The molecule has 0 unspecified atom stereocenters. The molecule has 1 aromatic rings. The van der Waals surface area contributed by atoms with Crippen LogP contribution in [0.25, 0.3) is 0 Å². The van der Waals surface area contributed by atoms with Crippen molar-refractivity contribution in [2.24, 2.45) is 5.92 Å². The minimum Gasteiger partial charge on any atom is -0.389 e. The highest BCUT2D eigenvalue weighted by Gasteiger charge is 2.34. The van der Waals surface area contributed by atoms with E-state index in [9.17, 15) is 5.11 Å². The van der Waals surface area contributed by atoms with Crippen molar-refractivity contribution in [3.05, 3.63) is 11.7 Å². The Morgan fingerprint density at radius 3 is 2.43 bits per heavy atom. The highest BCUT2D eigenvalue weighted by atomic mass is 16.5. The van der Waals surface area contributed by atoms with Gasteiger partial charge in [0.1, 0.15) is 0 Å². The minimum atomic E-state index is -0.460. The van der Waals surface area contributed by atoms with E-state index in [4.69, 9.17) is 4.52 Å². The van der Waals surface area contributed by atoms with Crippen molar-refractivity contribution in [3.8, 4) is 0 Å². The Hall–Kier alpha value is -0.980. The summed E-state index contributed by atoms with van der Waals surface area (Å²) in [6, 6.07) is 0. The molecule has 130 valence electrons. The van der Waals surface area contributed by atoms with Crippen LogP contribution < -0.4 is 0 Å². The van der Waals surface area contributed by atoms with Gasteiger partial charge in [0.15, 0.2) is 5.82 Å². The van der Waals surface area contributed by atoms with Crippen molar-refractivity contribution in [2.45, 2.75) is 58.1 Å². The van der Waals surface area contributed by atoms with E-state index in [1.807, 2.05) is 6.92 Å². The van der Waals surface area contributed by atoms with Crippen LogP contribution in [-0.4, -0.2) is 63.4 Å². The van der Waals surface area contributed by atoms with Crippen LogP contribution in [0.3, 0.4) is 0 Å². The first-order valence-corrected chi connectivity index (χ1v) is 9.05. The molecule has 1 saturated carbocycles. The zero-order chi connectivity index (χ0) is 16.3. The normalized spacial score (nSPS) is 30.7. The molecule has 23 heavy (non-hydrogen) atoms. The Morgan fingerprint density at radius 2 is 1.83 bits per heavy atom. The summed E-state index contributed by atoms with van der Waals surface area (Å²) in [6.07, 6.45) is 5.02. The van der Waals surface area contributed by atoms with Gasteiger partial charge in [-0.1, -0.05) is 19.0 Å². The van der Waals surface area contributed by atoms with Crippen molar-refractivity contribution in [3.63, 3.8) is 0 Å². The number of hydrogen-bond acceptors (Lipinski definition) is 6. The number of hydrogen-bond donors (Lipinski definition) is 1. The van der Waals surface area contributed by atoms with Gasteiger partial charge in [0, 0.05) is 39.1 Å². The molecule has 0 radical (unpaired) electrons. The lowest BCUT2D eigenvalue weighted by molar-refractivity contribution is -0.0438. The maximum absolute atomic E-state index is 10.8. The van der Waals surface area contributed by atoms with Crippen LogP contribution in [-0.2, 0) is 13.0 Å². The van der Waals surface area contributed by atoms with Crippen LogP contribution in [0.2, 0.25) is 0 Å². The lowest BCUT2D eigenvalue weighted by atomic mass is 9.79. The molecule has 0 aromatic carbocycles. The average Bonchev–Trinajstić information content (AvgIpc) is 3.00. The van der Waals surface area contributed by atoms with Crippen LogP contribution in [0.15, 0.2) is 4.52 Å². The summed E-state index contributed by atoms with van der Waals surface area (Å²) in [5.41, 5.74) is -0.460. The molecule has 3 rings (SSSR count). The molecule has 1 aliphatic carbocycles. The third kappa shape index (κ3) is 4.52. The van der Waals surface area contributed by atoms with Gasteiger partial charge < -0.3 is 9.63 Å². The molecule has 0 bridgehead atoms. The van der Waals surface area contributed by atoms with E-state index in [0.717, 1.165) is 83.1 Å². The van der Waals surface area contributed by atoms with Crippen molar-refractivity contribution >= 4 is 0 Å². The molecule has 1 N–H and O–H groups in total. The highest BCUT2D eigenvalue weighted by molar-refractivity contribution is 4.90. The summed E-state index contributed by atoms with van der Waals surface area (Å²) in [5.74, 6) is 2.28. The second-order valence-corrected chi connectivity index (χ2v) is 7.42. The molecule has 1 aromatic heterocycles. The SMILES string of the molecule is CCc1nc(CN2CCN(CC3(O)CCC(C)CC3)CC2)no1. The van der Waals surface area contributed by atoms with Gasteiger partial charge in [0.2, 0.25) is 5.89 Å². The van der Waals surface area contributed by atoms with E-state index >= 15 is 0 Å². The molecule has 0 atom stereocenters. The summed E-state index contributed by atoms with van der Waals surface area (Å²) in [4.78, 5) is 9.17. The Kier molecular flexibility index (Phi) is 5.34. The fourth-order valence-corrected chi connectivity index (χ4v) is 3.68. The van der Waals surface area contributed by atoms with E-state index in [0.29, 0.717) is 5.89 Å². The largest absolute Gasteiger partial charge is 0.389 e. The lowest BCUT2D eigenvalue weighted by Crippen LogP contribution is -2.52. The third-order valence-corrected chi connectivity index (χ3v) is 5.37. The number of rotatable bonds is 5. The van der Waals surface area contributed by atoms with Gasteiger partial charge in [0.25, 0.3) is 0 Å². The number of piperazine rings is 1. The van der Waals surface area contributed by atoms with Crippen LogP contribution in [0.1, 0.15) is 51.2 Å². The van der Waals surface area contributed by atoms with Crippen LogP contribution in [0, 0.1) is 5.92 Å². The predicted molar refractivity (Wildman–Crippen MR) is 88.0 cm³/mol. The molecule has 6 heteroatoms. The smallest absolute Gasteiger partial charge is 0.226 e. The van der Waals surface area contributed by atoms with Crippen LogP contribution in [0.5, 0.6) is 0 Å². The Balaban J connectivity index is 1.43. The van der Waals surface area contributed by atoms with Gasteiger partial charge in [-0.3, -0.25) is 9.80 Å². The topological polar surface area (TPSA) is 65.6 Å². The second kappa shape index (κ2) is 7.28. The number of β-amino-alcohol motifs (C(OH)–C–C–N with tert-alkyl or cyclic N) is 1. The standard InChI is InChI=1S/C17H30N4O2/c1-3-16-18-15(19-23-16)12-20-8-10-21(11-9-20)13-17(22)6-4-14(2)5-7-17/h14,22H,3-13H2,1-2H3. The summed E-state index contributed by atoms with van der Waals surface area (Å²) in [5, 5.41) is 14.8. The maximum Gasteiger partial charge on any atom is 0.226 e. The van der Waals surface area contributed by atoms with Gasteiger partial charge in [0.05, 0.1) is 12.1 Å². The van der Waals surface area contributed by atoms with E-state index in [1.54, 1.807) is 0 Å². The molecule has 1 aliphatic heterocycles. The fraction of sp³-hybridized carbons (Fsp3) is 0.882. The number of aryl methyl sites for hydroxylation is 1. The molecule has 0 spiro atoms. The van der Waals surface area contributed by atoms with Gasteiger partial charge in [-0.2, -0.15) is 4.98 Å². The third-order valence-electron chi connectivity index (χ3n) is 5.37. The van der Waals surface area contributed by atoms with Crippen LogP contribution in [0.4, 0.5) is 0 Å². The zero-order valence-corrected chi connectivity index (χ0v) is 14.5. The quantitative estimate of drug-likeness (QED) is 0.890. The Morgan fingerprint density at radius 1 is 1.17 bits per heavy atom. The minimum absolute atomic E-state index is 0.460. The number of aliphatic hydroxyl groups is 1. The fourth-order valence-electron chi connectivity index (χ4n) is 3.68. The first kappa shape index (κ1) is 16.9. The van der Waals surface area contributed by atoms with Crippen molar-refractivity contribution in [1.29, 1.82) is 0 Å². The second-order valence-electron chi connectivity index (χ2n) is 7.42. The van der Waals surface area contributed by atoms with Crippen molar-refractivity contribution in [2.75, 3.05) is 32.7 Å². The lowest BCUT2D eigenvalue weighted by Gasteiger charge is -2.41. The monoisotopic (exact) mass is 322 g/mol. The summed E-state index contributed by atoms with van der Waals surface area (Å²) in [7, 11) is 0. The van der Waals surface area contributed by atoms with Crippen LogP contribution >= 0.6 is 0 Å². The molecule has 1 saturated heterocycles. The Labute approximate surface area is 138 Å². The van der Waals surface area contributed by atoms with Gasteiger partial charge in [-0.15, -0.1) is 0 Å². The maximum atomic E-state index is 10.8. The number of nitrogens with zero attached hydrogens (tertiary/aromatic N) is 4. The molecule has 2 fully saturated rings. The first-order valence-electron chi connectivity index (χ1n) is 9.05. The van der Waals surface area contributed by atoms with Gasteiger partial charge in [-0.25, -0.2) is 0 Å². The van der Waals surface area contributed by atoms with Crippen molar-refractivity contribution in [1.82, 2.24) is 19.9 Å². The van der Waals surface area contributed by atoms with Crippen molar-refractivity contribution < 1.29 is 9.63 Å². The molecular weight excluding hydrogens is 292 g/mol. The Bertz CT molecular complexity index is 489.